The van der Waals surface area contributed by atoms with Crippen LogP contribution in [-0.4, -0.2) is 22.2 Å². The lowest BCUT2D eigenvalue weighted by molar-refractivity contribution is -0.385. The van der Waals surface area contributed by atoms with Gasteiger partial charge in [0.25, 0.3) is 5.69 Å². The SMILES string of the molecule is O=[N+]([O-])c1ccc(NC2CCC(O)CC2)c(F)c1. The molecule has 2 rings (SSSR count). The minimum absolute atomic E-state index is 0.115. The number of aliphatic hydroxyl groups excluding tert-OH is 1. The molecule has 0 heterocycles. The third-order valence-corrected chi connectivity index (χ3v) is 3.22. The topological polar surface area (TPSA) is 75.4 Å². The van der Waals surface area contributed by atoms with E-state index in [9.17, 15) is 19.6 Å². The molecule has 1 fully saturated rings. The van der Waals surface area contributed by atoms with Gasteiger partial charge in [-0.2, -0.15) is 0 Å². The van der Waals surface area contributed by atoms with Crippen LogP contribution in [-0.2, 0) is 0 Å². The molecule has 0 unspecified atom stereocenters. The molecule has 0 atom stereocenters. The minimum atomic E-state index is -0.621. The van der Waals surface area contributed by atoms with Crippen molar-refractivity contribution in [2.45, 2.75) is 37.8 Å². The summed E-state index contributed by atoms with van der Waals surface area (Å²) in [7, 11) is 0. The first kappa shape index (κ1) is 12.8. The lowest BCUT2D eigenvalue weighted by atomic mass is 9.93. The maximum atomic E-state index is 13.6. The standard InChI is InChI=1S/C12H15FN2O3/c13-11-7-9(15(17)18)3-6-12(11)14-8-1-4-10(16)5-2-8/h3,6-8,10,14,16H,1-2,4-5H2. The minimum Gasteiger partial charge on any atom is -0.393 e. The van der Waals surface area contributed by atoms with Gasteiger partial charge >= 0.3 is 0 Å². The average Bonchev–Trinajstić information content (AvgIpc) is 2.34. The van der Waals surface area contributed by atoms with Crippen molar-refractivity contribution in [1.29, 1.82) is 0 Å². The predicted molar refractivity (Wildman–Crippen MR) is 64.9 cm³/mol. The van der Waals surface area contributed by atoms with Crippen molar-refractivity contribution in [1.82, 2.24) is 0 Å². The Morgan fingerprint density at radius 3 is 2.56 bits per heavy atom. The number of nitrogens with one attached hydrogen (secondary N) is 1. The normalized spacial score (nSPS) is 23.7. The molecular weight excluding hydrogens is 239 g/mol. The van der Waals surface area contributed by atoms with Gasteiger partial charge in [0.15, 0.2) is 5.82 Å². The number of aliphatic hydroxyl groups is 1. The van der Waals surface area contributed by atoms with Crippen molar-refractivity contribution in [2.75, 3.05) is 5.32 Å². The largest absolute Gasteiger partial charge is 0.393 e. The molecule has 0 spiro atoms. The van der Waals surface area contributed by atoms with Gasteiger partial charge in [-0.25, -0.2) is 4.39 Å². The fourth-order valence-corrected chi connectivity index (χ4v) is 2.17. The second-order valence-corrected chi connectivity index (χ2v) is 4.57. The molecule has 1 aliphatic rings. The molecule has 2 N–H and O–H groups in total. The van der Waals surface area contributed by atoms with Crippen molar-refractivity contribution in [2.24, 2.45) is 0 Å². The number of rotatable bonds is 3. The summed E-state index contributed by atoms with van der Waals surface area (Å²) in [4.78, 5) is 9.86. The van der Waals surface area contributed by atoms with Crippen molar-refractivity contribution in [3.8, 4) is 0 Å². The van der Waals surface area contributed by atoms with Gasteiger partial charge in [-0.3, -0.25) is 10.1 Å². The summed E-state index contributed by atoms with van der Waals surface area (Å²) in [6.07, 6.45) is 2.69. The van der Waals surface area contributed by atoms with Gasteiger partial charge in [-0.1, -0.05) is 0 Å². The maximum absolute atomic E-state index is 13.6. The highest BCUT2D eigenvalue weighted by atomic mass is 19.1. The fourth-order valence-electron chi connectivity index (χ4n) is 2.17. The van der Waals surface area contributed by atoms with Crippen molar-refractivity contribution >= 4 is 11.4 Å². The van der Waals surface area contributed by atoms with Crippen molar-refractivity contribution < 1.29 is 14.4 Å². The van der Waals surface area contributed by atoms with E-state index in [1.807, 2.05) is 0 Å². The molecule has 18 heavy (non-hydrogen) atoms. The molecule has 0 bridgehead atoms. The van der Waals surface area contributed by atoms with Crippen LogP contribution in [0.15, 0.2) is 18.2 Å². The fraction of sp³-hybridized carbons (Fsp3) is 0.500. The van der Waals surface area contributed by atoms with Gasteiger partial charge in [-0.15, -0.1) is 0 Å². The number of nitro benzene ring substituents is 1. The number of nitrogens with zero attached hydrogens (tertiary/aromatic N) is 1. The van der Waals surface area contributed by atoms with Crippen LogP contribution in [0.1, 0.15) is 25.7 Å². The Labute approximate surface area is 104 Å². The molecule has 1 saturated carbocycles. The van der Waals surface area contributed by atoms with Crippen LogP contribution in [0, 0.1) is 15.9 Å². The lowest BCUT2D eigenvalue weighted by Gasteiger charge is -2.27. The quantitative estimate of drug-likeness (QED) is 0.641. The molecule has 0 aliphatic heterocycles. The maximum Gasteiger partial charge on any atom is 0.272 e. The summed E-state index contributed by atoms with van der Waals surface area (Å²) in [5.41, 5.74) is 0.0270. The van der Waals surface area contributed by atoms with E-state index in [2.05, 4.69) is 5.32 Å². The van der Waals surface area contributed by atoms with E-state index in [0.29, 0.717) is 12.8 Å². The number of halogens is 1. The number of anilines is 1. The zero-order valence-electron chi connectivity index (χ0n) is 9.80. The van der Waals surface area contributed by atoms with Crippen molar-refractivity contribution in [3.05, 3.63) is 34.1 Å². The number of nitro groups is 1. The van der Waals surface area contributed by atoms with Crippen LogP contribution < -0.4 is 5.32 Å². The Morgan fingerprint density at radius 1 is 1.33 bits per heavy atom. The highest BCUT2D eigenvalue weighted by molar-refractivity contribution is 5.50. The smallest absolute Gasteiger partial charge is 0.272 e. The van der Waals surface area contributed by atoms with Crippen LogP contribution in [0.2, 0.25) is 0 Å². The van der Waals surface area contributed by atoms with E-state index in [1.165, 1.54) is 12.1 Å². The molecular formula is C12H15FN2O3. The van der Waals surface area contributed by atoms with Gasteiger partial charge < -0.3 is 10.4 Å². The van der Waals surface area contributed by atoms with Gasteiger partial charge in [0.2, 0.25) is 0 Å². The van der Waals surface area contributed by atoms with E-state index >= 15 is 0 Å². The van der Waals surface area contributed by atoms with E-state index in [-0.39, 0.29) is 23.5 Å². The number of non-ortho nitro benzene ring substituents is 1. The van der Waals surface area contributed by atoms with Crippen molar-refractivity contribution in [3.63, 3.8) is 0 Å². The molecule has 0 aromatic heterocycles. The zero-order chi connectivity index (χ0) is 13.1. The van der Waals surface area contributed by atoms with E-state index in [4.69, 9.17) is 0 Å². The Balaban J connectivity index is 2.03. The molecule has 0 saturated heterocycles. The summed E-state index contributed by atoms with van der Waals surface area (Å²) < 4.78 is 13.6. The number of hydrogen-bond donors (Lipinski definition) is 2. The van der Waals surface area contributed by atoms with Gasteiger partial charge in [0.05, 0.1) is 22.8 Å². The number of benzene rings is 1. The summed E-state index contributed by atoms with van der Waals surface area (Å²) in [6.45, 7) is 0. The Morgan fingerprint density at radius 2 is 2.00 bits per heavy atom. The third-order valence-electron chi connectivity index (χ3n) is 3.22. The zero-order valence-corrected chi connectivity index (χ0v) is 9.80. The van der Waals surface area contributed by atoms with Crippen LogP contribution in [0.4, 0.5) is 15.8 Å². The van der Waals surface area contributed by atoms with Crippen LogP contribution in [0.25, 0.3) is 0 Å². The summed E-state index contributed by atoms with van der Waals surface area (Å²) in [5.74, 6) is -0.615. The highest BCUT2D eigenvalue weighted by Gasteiger charge is 2.20. The van der Waals surface area contributed by atoms with Gasteiger partial charge in [-0.05, 0) is 31.7 Å². The summed E-state index contributed by atoms with van der Waals surface area (Å²) in [6, 6.07) is 3.70. The Hall–Kier alpha value is -1.69. The predicted octanol–water partition coefficient (Wildman–Crippen LogP) is 2.45. The molecule has 1 aromatic rings. The molecule has 5 nitrogen and oxygen atoms in total. The summed E-state index contributed by atoms with van der Waals surface area (Å²) >= 11 is 0. The van der Waals surface area contributed by atoms with E-state index in [1.54, 1.807) is 0 Å². The first-order valence-electron chi connectivity index (χ1n) is 5.95. The molecule has 1 aromatic carbocycles. The molecule has 98 valence electrons. The molecule has 6 heteroatoms. The molecule has 1 aliphatic carbocycles. The first-order chi connectivity index (χ1) is 8.56. The van der Waals surface area contributed by atoms with Crippen LogP contribution in [0.3, 0.4) is 0 Å². The highest BCUT2D eigenvalue weighted by Crippen LogP contribution is 2.25. The molecule has 0 radical (unpaired) electrons. The Bertz CT molecular complexity index is 445. The monoisotopic (exact) mass is 254 g/mol. The second kappa shape index (κ2) is 5.30. The van der Waals surface area contributed by atoms with Crippen LogP contribution >= 0.6 is 0 Å². The Kier molecular flexibility index (Phi) is 3.76. The van der Waals surface area contributed by atoms with E-state index < -0.39 is 10.7 Å². The lowest BCUT2D eigenvalue weighted by Crippen LogP contribution is -2.28. The van der Waals surface area contributed by atoms with Gasteiger partial charge in [0, 0.05) is 12.1 Å². The average molecular weight is 254 g/mol. The van der Waals surface area contributed by atoms with E-state index in [0.717, 1.165) is 18.9 Å². The number of hydrogen-bond acceptors (Lipinski definition) is 4. The third kappa shape index (κ3) is 2.95. The summed E-state index contributed by atoms with van der Waals surface area (Å²) in [5, 5.41) is 22.9. The first-order valence-corrected chi connectivity index (χ1v) is 5.95. The van der Waals surface area contributed by atoms with Gasteiger partial charge in [0.1, 0.15) is 0 Å². The van der Waals surface area contributed by atoms with Crippen LogP contribution in [0.5, 0.6) is 0 Å². The second-order valence-electron chi connectivity index (χ2n) is 4.57. The molecule has 0 amide bonds.